The Bertz CT molecular complexity index is 993. The van der Waals surface area contributed by atoms with E-state index in [2.05, 4.69) is 9.97 Å². The van der Waals surface area contributed by atoms with E-state index in [1.807, 2.05) is 6.07 Å². The van der Waals surface area contributed by atoms with Gasteiger partial charge in [0, 0.05) is 30.3 Å². The molecule has 0 aliphatic heterocycles. The third kappa shape index (κ3) is 3.98. The largest absolute Gasteiger partial charge is 0.493 e. The number of nitriles is 1. The average molecular weight is 380 g/mol. The number of alkyl halides is 3. The van der Waals surface area contributed by atoms with Crippen LogP contribution in [-0.2, 0) is 0 Å². The molecule has 0 spiro atoms. The van der Waals surface area contributed by atoms with E-state index < -0.39 is 24.6 Å². The van der Waals surface area contributed by atoms with E-state index >= 15 is 0 Å². The summed E-state index contributed by atoms with van der Waals surface area (Å²) in [6.07, 6.45) is -5.27. The molecule has 1 N–H and O–H groups in total. The van der Waals surface area contributed by atoms with Crippen molar-refractivity contribution in [1.82, 2.24) is 14.4 Å². The molecule has 0 aromatic carbocycles. The minimum atomic E-state index is -4.72. The maximum atomic E-state index is 13.1. The predicted octanol–water partition coefficient (Wildman–Crippen LogP) is 3.10. The molecule has 0 aliphatic carbocycles. The fourth-order valence-electron chi connectivity index (χ4n) is 2.44. The van der Waals surface area contributed by atoms with Gasteiger partial charge < -0.3 is 9.84 Å². The van der Waals surface area contributed by atoms with Gasteiger partial charge in [-0.3, -0.25) is 4.40 Å². The molecule has 0 radical (unpaired) electrons. The van der Waals surface area contributed by atoms with Crippen LogP contribution in [0.25, 0.3) is 16.9 Å². The van der Waals surface area contributed by atoms with E-state index in [0.29, 0.717) is 16.9 Å². The smallest absolute Gasteiger partial charge is 0.414 e. The molecule has 6 nitrogen and oxygen atoms in total. The lowest BCUT2D eigenvalue weighted by Crippen LogP contribution is -2.30. The van der Waals surface area contributed by atoms with E-state index in [4.69, 9.17) is 9.84 Å². The van der Waals surface area contributed by atoms with Gasteiger partial charge in [0.15, 0.2) is 6.10 Å². The molecule has 0 amide bonds. The molecule has 0 saturated carbocycles. The van der Waals surface area contributed by atoms with Crippen LogP contribution in [-0.4, -0.2) is 38.4 Å². The Labute approximate surface area is 150 Å². The van der Waals surface area contributed by atoms with Crippen LogP contribution in [0.2, 0.25) is 0 Å². The number of ether oxygens (including phenoxy) is 1. The second-order valence-corrected chi connectivity index (χ2v) is 5.59. The maximum absolute atomic E-state index is 13.1. The van der Waals surface area contributed by atoms with Crippen molar-refractivity contribution < 1.29 is 27.4 Å². The molecular weight excluding hydrogens is 368 g/mol. The minimum Gasteiger partial charge on any atom is -0.493 e. The summed E-state index contributed by atoms with van der Waals surface area (Å²) in [4.78, 5) is 7.63. The molecule has 10 heteroatoms. The second kappa shape index (κ2) is 7.20. The van der Waals surface area contributed by atoms with Gasteiger partial charge in [-0.05, 0) is 12.1 Å². The summed E-state index contributed by atoms with van der Waals surface area (Å²) in [5, 5.41) is 18.3. The molecule has 0 bridgehead atoms. The lowest BCUT2D eigenvalue weighted by molar-refractivity contribution is -0.206. The first-order valence-electron chi connectivity index (χ1n) is 7.70. The fraction of sp³-hybridized carbons (Fsp3) is 0.235. The van der Waals surface area contributed by atoms with Crippen molar-refractivity contribution in [3.63, 3.8) is 0 Å². The molecule has 0 fully saturated rings. The van der Waals surface area contributed by atoms with Gasteiger partial charge in [0.05, 0.1) is 18.5 Å². The molecule has 0 aliphatic rings. The number of aliphatic hydroxyl groups excluding tert-OH is 1. The van der Waals surface area contributed by atoms with Crippen LogP contribution in [0.3, 0.4) is 0 Å². The van der Waals surface area contributed by atoms with Crippen LogP contribution in [0.4, 0.5) is 17.6 Å². The van der Waals surface area contributed by atoms with Crippen LogP contribution < -0.4 is 4.74 Å². The predicted molar refractivity (Wildman–Crippen MR) is 85.3 cm³/mol. The zero-order valence-electron chi connectivity index (χ0n) is 13.6. The van der Waals surface area contributed by atoms with Crippen LogP contribution in [0.1, 0.15) is 12.1 Å². The molecule has 1 unspecified atom stereocenters. The highest BCUT2D eigenvalue weighted by atomic mass is 19.4. The fourth-order valence-corrected chi connectivity index (χ4v) is 2.44. The number of pyridine rings is 2. The highest BCUT2D eigenvalue weighted by Gasteiger charge is 2.37. The Morgan fingerprint density at radius 1 is 1.22 bits per heavy atom. The van der Waals surface area contributed by atoms with Gasteiger partial charge in [-0.1, -0.05) is 0 Å². The standard InChI is InChI=1S/C17H12F4N4O2/c18-15-2-1-10(8-23-15)13-5-12(27-4-3-14(26)17(19,20)21)6-16-24-9-11(7-22)25(13)16/h1-2,5-6,8-9,14,26H,3-4H2. The molecular formula is C17H12F4N4O2. The van der Waals surface area contributed by atoms with Crippen molar-refractivity contribution >= 4 is 5.65 Å². The third-order valence-electron chi connectivity index (χ3n) is 3.76. The summed E-state index contributed by atoms with van der Waals surface area (Å²) >= 11 is 0. The molecule has 140 valence electrons. The van der Waals surface area contributed by atoms with Crippen molar-refractivity contribution in [3.8, 4) is 23.1 Å². The van der Waals surface area contributed by atoms with Crippen molar-refractivity contribution in [2.45, 2.75) is 18.7 Å². The molecule has 0 saturated heterocycles. The van der Waals surface area contributed by atoms with Gasteiger partial charge in [0.2, 0.25) is 5.95 Å². The Morgan fingerprint density at radius 3 is 2.63 bits per heavy atom. The van der Waals surface area contributed by atoms with E-state index in [9.17, 15) is 22.8 Å². The summed E-state index contributed by atoms with van der Waals surface area (Å²) in [5.41, 5.74) is 1.39. The van der Waals surface area contributed by atoms with Crippen LogP contribution in [0.15, 0.2) is 36.7 Å². The van der Waals surface area contributed by atoms with Gasteiger partial charge in [-0.25, -0.2) is 9.97 Å². The zero-order valence-corrected chi connectivity index (χ0v) is 13.6. The van der Waals surface area contributed by atoms with Crippen molar-refractivity contribution in [2.75, 3.05) is 6.61 Å². The number of aliphatic hydroxyl groups is 1. The van der Waals surface area contributed by atoms with Gasteiger partial charge in [0.1, 0.15) is 23.2 Å². The lowest BCUT2D eigenvalue weighted by atomic mass is 10.1. The van der Waals surface area contributed by atoms with Crippen LogP contribution >= 0.6 is 0 Å². The molecule has 3 rings (SSSR count). The summed E-state index contributed by atoms with van der Waals surface area (Å²) < 4.78 is 57.0. The van der Waals surface area contributed by atoms with Crippen molar-refractivity contribution in [3.05, 3.63) is 48.3 Å². The van der Waals surface area contributed by atoms with Gasteiger partial charge >= 0.3 is 6.18 Å². The highest BCUT2D eigenvalue weighted by molar-refractivity contribution is 5.67. The van der Waals surface area contributed by atoms with Gasteiger partial charge in [0.25, 0.3) is 0 Å². The summed E-state index contributed by atoms with van der Waals surface area (Å²) in [5.74, 6) is -0.499. The summed E-state index contributed by atoms with van der Waals surface area (Å²) in [6, 6.07) is 7.47. The quantitative estimate of drug-likeness (QED) is 0.543. The number of nitrogens with zero attached hydrogens (tertiary/aromatic N) is 4. The van der Waals surface area contributed by atoms with Gasteiger partial charge in [-0.15, -0.1) is 0 Å². The van der Waals surface area contributed by atoms with Gasteiger partial charge in [-0.2, -0.15) is 22.8 Å². The van der Waals surface area contributed by atoms with E-state index in [1.165, 1.54) is 35.0 Å². The SMILES string of the molecule is N#Cc1cnc2cc(OCCC(O)C(F)(F)F)cc(-c3ccc(F)nc3)n12. The number of imidazole rings is 1. The second-order valence-electron chi connectivity index (χ2n) is 5.59. The lowest BCUT2D eigenvalue weighted by Gasteiger charge is -2.15. The first kappa shape index (κ1) is 18.6. The average Bonchev–Trinajstić information content (AvgIpc) is 3.04. The Hall–Kier alpha value is -3.19. The van der Waals surface area contributed by atoms with Crippen LogP contribution in [0.5, 0.6) is 5.75 Å². The number of fused-ring (bicyclic) bond motifs is 1. The number of hydrogen-bond donors (Lipinski definition) is 1. The third-order valence-corrected chi connectivity index (χ3v) is 3.76. The molecule has 3 aromatic heterocycles. The minimum absolute atomic E-state index is 0.186. The Balaban J connectivity index is 1.94. The zero-order chi connectivity index (χ0) is 19.6. The molecule has 1 atom stereocenters. The van der Waals surface area contributed by atoms with E-state index in [-0.39, 0.29) is 18.1 Å². The van der Waals surface area contributed by atoms with E-state index in [0.717, 1.165) is 6.07 Å². The number of rotatable bonds is 5. The summed E-state index contributed by atoms with van der Waals surface area (Å²) in [6.45, 7) is -0.385. The van der Waals surface area contributed by atoms with E-state index in [1.54, 1.807) is 0 Å². The number of hydrogen-bond acceptors (Lipinski definition) is 5. The van der Waals surface area contributed by atoms with Crippen LogP contribution in [0, 0.1) is 17.3 Å². The Kier molecular flexibility index (Phi) is 4.96. The number of halogens is 4. The Morgan fingerprint density at radius 2 is 2.00 bits per heavy atom. The molecule has 3 aromatic rings. The monoisotopic (exact) mass is 380 g/mol. The topological polar surface area (TPSA) is 83.4 Å². The summed E-state index contributed by atoms with van der Waals surface area (Å²) in [7, 11) is 0. The first-order chi connectivity index (χ1) is 12.8. The maximum Gasteiger partial charge on any atom is 0.414 e. The number of aromatic nitrogens is 3. The van der Waals surface area contributed by atoms with Crippen molar-refractivity contribution in [1.29, 1.82) is 5.26 Å². The molecule has 27 heavy (non-hydrogen) atoms. The van der Waals surface area contributed by atoms with Crippen molar-refractivity contribution in [2.24, 2.45) is 0 Å². The molecule has 3 heterocycles. The first-order valence-corrected chi connectivity index (χ1v) is 7.70. The highest BCUT2D eigenvalue weighted by Crippen LogP contribution is 2.28. The normalized spacial score (nSPS) is 12.7.